The van der Waals surface area contributed by atoms with E-state index in [-0.39, 0.29) is 24.2 Å². The molecule has 0 bridgehead atoms. The standard InChI is InChI=1S/C21H22N2O3/c24-19(22-23-21(25)15-7-2-1-3-8-15)12-16-13-26-18-11-10-14-6-4-5-9-17(14)20(16)18/h4-6,9-11,13,15H,1-3,7-8,12H2,(H,22,24)(H,23,25). The number of carbonyl (C=O) groups excluding carboxylic acids is 2. The Balaban J connectivity index is 1.46. The van der Waals surface area contributed by atoms with Crippen LogP contribution in [0.2, 0.25) is 0 Å². The van der Waals surface area contributed by atoms with Gasteiger partial charge in [0.05, 0.1) is 12.7 Å². The molecular weight excluding hydrogens is 328 g/mol. The summed E-state index contributed by atoms with van der Waals surface area (Å²) in [5.74, 6) is -0.312. The zero-order chi connectivity index (χ0) is 17.9. The van der Waals surface area contributed by atoms with E-state index in [1.165, 1.54) is 6.42 Å². The number of benzene rings is 2. The van der Waals surface area contributed by atoms with Gasteiger partial charge >= 0.3 is 0 Å². The third-order valence-electron chi connectivity index (χ3n) is 5.19. The minimum Gasteiger partial charge on any atom is -0.464 e. The minimum absolute atomic E-state index is 0.0164. The highest BCUT2D eigenvalue weighted by molar-refractivity contribution is 6.08. The summed E-state index contributed by atoms with van der Waals surface area (Å²) >= 11 is 0. The Morgan fingerprint density at radius 2 is 1.81 bits per heavy atom. The summed E-state index contributed by atoms with van der Waals surface area (Å²) < 4.78 is 5.61. The van der Waals surface area contributed by atoms with Gasteiger partial charge in [-0.25, -0.2) is 0 Å². The summed E-state index contributed by atoms with van der Waals surface area (Å²) in [5, 5.41) is 3.12. The second-order valence-electron chi connectivity index (χ2n) is 6.97. The predicted molar refractivity (Wildman–Crippen MR) is 100 cm³/mol. The average molecular weight is 350 g/mol. The number of hydrazine groups is 1. The van der Waals surface area contributed by atoms with Crippen LogP contribution in [0.25, 0.3) is 21.7 Å². The van der Waals surface area contributed by atoms with Crippen LogP contribution < -0.4 is 10.9 Å². The Bertz CT molecular complexity index is 954. The zero-order valence-electron chi connectivity index (χ0n) is 14.6. The van der Waals surface area contributed by atoms with Gasteiger partial charge in [-0.3, -0.25) is 20.4 Å². The van der Waals surface area contributed by atoms with Crippen LogP contribution in [0.3, 0.4) is 0 Å². The SMILES string of the molecule is O=C(Cc1coc2ccc3ccccc3c12)NNC(=O)C1CCCCC1. The van der Waals surface area contributed by atoms with Gasteiger partial charge in [0.1, 0.15) is 5.58 Å². The lowest BCUT2D eigenvalue weighted by atomic mass is 9.89. The maximum atomic E-state index is 12.3. The van der Waals surface area contributed by atoms with Crippen molar-refractivity contribution >= 4 is 33.6 Å². The first kappa shape index (κ1) is 16.6. The fourth-order valence-electron chi connectivity index (χ4n) is 3.82. The van der Waals surface area contributed by atoms with Crippen molar-refractivity contribution in [2.75, 3.05) is 0 Å². The van der Waals surface area contributed by atoms with Crippen molar-refractivity contribution in [1.29, 1.82) is 0 Å². The molecule has 5 nitrogen and oxygen atoms in total. The lowest BCUT2D eigenvalue weighted by Gasteiger charge is -2.20. The molecule has 4 rings (SSSR count). The first-order valence-electron chi connectivity index (χ1n) is 9.19. The average Bonchev–Trinajstić information content (AvgIpc) is 3.10. The maximum Gasteiger partial charge on any atom is 0.242 e. The van der Waals surface area contributed by atoms with E-state index in [1.54, 1.807) is 6.26 Å². The van der Waals surface area contributed by atoms with E-state index in [4.69, 9.17) is 4.42 Å². The van der Waals surface area contributed by atoms with Gasteiger partial charge in [-0.1, -0.05) is 49.6 Å². The molecule has 2 N–H and O–H groups in total. The molecule has 0 spiro atoms. The van der Waals surface area contributed by atoms with Crippen molar-refractivity contribution in [3.05, 3.63) is 48.2 Å². The molecule has 5 heteroatoms. The molecular formula is C21H22N2O3. The van der Waals surface area contributed by atoms with Gasteiger partial charge in [0.25, 0.3) is 0 Å². The summed E-state index contributed by atoms with van der Waals surface area (Å²) in [6.07, 6.45) is 6.95. The summed E-state index contributed by atoms with van der Waals surface area (Å²) in [4.78, 5) is 24.5. The van der Waals surface area contributed by atoms with Crippen LogP contribution in [0, 0.1) is 5.92 Å². The number of amides is 2. The molecule has 1 fully saturated rings. The number of nitrogens with one attached hydrogen (secondary N) is 2. The second kappa shape index (κ2) is 7.20. The second-order valence-corrected chi connectivity index (χ2v) is 6.97. The molecule has 1 saturated carbocycles. The Labute approximate surface area is 151 Å². The fourth-order valence-corrected chi connectivity index (χ4v) is 3.82. The largest absolute Gasteiger partial charge is 0.464 e. The van der Waals surface area contributed by atoms with Crippen LogP contribution in [0.4, 0.5) is 0 Å². The third kappa shape index (κ3) is 3.29. The van der Waals surface area contributed by atoms with E-state index in [0.717, 1.165) is 53.0 Å². The quantitative estimate of drug-likeness (QED) is 0.705. The first-order valence-corrected chi connectivity index (χ1v) is 9.19. The van der Waals surface area contributed by atoms with Crippen molar-refractivity contribution in [2.24, 2.45) is 5.92 Å². The Morgan fingerprint density at radius 1 is 1.00 bits per heavy atom. The van der Waals surface area contributed by atoms with E-state index < -0.39 is 0 Å². The fraction of sp³-hybridized carbons (Fsp3) is 0.333. The predicted octanol–water partition coefficient (Wildman–Crippen LogP) is 3.86. The van der Waals surface area contributed by atoms with Crippen LogP contribution in [-0.4, -0.2) is 11.8 Å². The molecule has 0 unspecified atom stereocenters. The van der Waals surface area contributed by atoms with Gasteiger partial charge < -0.3 is 4.42 Å². The highest BCUT2D eigenvalue weighted by atomic mass is 16.3. The van der Waals surface area contributed by atoms with Crippen molar-refractivity contribution < 1.29 is 14.0 Å². The van der Waals surface area contributed by atoms with E-state index in [1.807, 2.05) is 36.4 Å². The molecule has 1 aliphatic carbocycles. The molecule has 0 aliphatic heterocycles. The Hall–Kier alpha value is -2.82. The van der Waals surface area contributed by atoms with Crippen LogP contribution in [0.15, 0.2) is 47.1 Å². The lowest BCUT2D eigenvalue weighted by Crippen LogP contribution is -2.45. The van der Waals surface area contributed by atoms with Crippen LogP contribution in [-0.2, 0) is 16.0 Å². The van der Waals surface area contributed by atoms with Gasteiger partial charge in [0.2, 0.25) is 11.8 Å². The van der Waals surface area contributed by atoms with Crippen molar-refractivity contribution in [3.8, 4) is 0 Å². The number of carbonyl (C=O) groups is 2. The first-order chi connectivity index (χ1) is 12.7. The van der Waals surface area contributed by atoms with E-state index >= 15 is 0 Å². The van der Waals surface area contributed by atoms with Gasteiger partial charge in [-0.15, -0.1) is 0 Å². The molecule has 26 heavy (non-hydrogen) atoms. The molecule has 2 amide bonds. The van der Waals surface area contributed by atoms with E-state index in [0.29, 0.717) is 0 Å². The maximum absolute atomic E-state index is 12.3. The van der Waals surface area contributed by atoms with E-state index in [9.17, 15) is 9.59 Å². The molecule has 1 heterocycles. The molecule has 3 aromatic rings. The normalized spacial score (nSPS) is 15.2. The molecule has 134 valence electrons. The van der Waals surface area contributed by atoms with Crippen LogP contribution in [0.1, 0.15) is 37.7 Å². The number of hydrogen-bond donors (Lipinski definition) is 2. The number of rotatable bonds is 3. The van der Waals surface area contributed by atoms with Gasteiger partial charge in [-0.05, 0) is 29.7 Å². The van der Waals surface area contributed by atoms with Crippen molar-refractivity contribution in [2.45, 2.75) is 38.5 Å². The monoisotopic (exact) mass is 350 g/mol. The number of hydrogen-bond acceptors (Lipinski definition) is 3. The highest BCUT2D eigenvalue weighted by Gasteiger charge is 2.21. The molecule has 1 aliphatic rings. The van der Waals surface area contributed by atoms with Gasteiger partial charge in [0, 0.05) is 16.9 Å². The molecule has 0 radical (unpaired) electrons. The van der Waals surface area contributed by atoms with Crippen LogP contribution >= 0.6 is 0 Å². The zero-order valence-corrected chi connectivity index (χ0v) is 14.6. The highest BCUT2D eigenvalue weighted by Crippen LogP contribution is 2.30. The molecule has 1 aromatic heterocycles. The number of furan rings is 1. The summed E-state index contributed by atoms with van der Waals surface area (Å²) in [6, 6.07) is 12.0. The lowest BCUT2D eigenvalue weighted by molar-refractivity contribution is -0.131. The van der Waals surface area contributed by atoms with E-state index in [2.05, 4.69) is 10.9 Å². The Kier molecular flexibility index (Phi) is 4.61. The van der Waals surface area contributed by atoms with Crippen molar-refractivity contribution in [1.82, 2.24) is 10.9 Å². The molecule has 0 atom stereocenters. The minimum atomic E-state index is -0.246. The smallest absolute Gasteiger partial charge is 0.242 e. The van der Waals surface area contributed by atoms with Gasteiger partial charge in [0.15, 0.2) is 0 Å². The summed E-state index contributed by atoms with van der Waals surface area (Å²) in [7, 11) is 0. The summed E-state index contributed by atoms with van der Waals surface area (Å²) in [6.45, 7) is 0. The molecule has 2 aromatic carbocycles. The van der Waals surface area contributed by atoms with Crippen molar-refractivity contribution in [3.63, 3.8) is 0 Å². The third-order valence-corrected chi connectivity index (χ3v) is 5.19. The van der Waals surface area contributed by atoms with Gasteiger partial charge in [-0.2, -0.15) is 0 Å². The topological polar surface area (TPSA) is 71.3 Å². The van der Waals surface area contributed by atoms with Crippen LogP contribution in [0.5, 0.6) is 0 Å². The number of fused-ring (bicyclic) bond motifs is 3. The Morgan fingerprint density at radius 3 is 2.65 bits per heavy atom. The molecule has 0 saturated heterocycles. The summed E-state index contributed by atoms with van der Waals surface area (Å²) in [5.41, 5.74) is 6.71.